The molecule has 0 aromatic carbocycles. The van der Waals surface area contributed by atoms with E-state index in [1.165, 1.54) is 7.11 Å². The fourth-order valence-corrected chi connectivity index (χ4v) is 8.93. The van der Waals surface area contributed by atoms with Crippen LogP contribution in [0, 0.1) is 40.9 Å². The number of hydrogen-bond acceptors (Lipinski definition) is 5. The van der Waals surface area contributed by atoms with Crippen LogP contribution in [0.25, 0.3) is 0 Å². The summed E-state index contributed by atoms with van der Waals surface area (Å²) in [6, 6.07) is -0.316. The van der Waals surface area contributed by atoms with E-state index in [9.17, 15) is 22.9 Å². The minimum absolute atomic E-state index is 0.0943. The van der Waals surface area contributed by atoms with Crippen LogP contribution in [0.3, 0.4) is 0 Å². The highest BCUT2D eigenvalue weighted by Gasteiger charge is 2.56. The highest BCUT2D eigenvalue weighted by molar-refractivity contribution is 7.83. The van der Waals surface area contributed by atoms with Crippen LogP contribution >= 0.6 is 0 Å². The summed E-state index contributed by atoms with van der Waals surface area (Å²) in [4.78, 5) is 11.7. The Bertz CT molecular complexity index is 788. The number of carbonyl (C=O) groups excluding carboxylic acids is 1. The van der Waals surface area contributed by atoms with Crippen LogP contribution in [0.4, 0.5) is 0 Å². The molecular weight excluding hydrogens is 454 g/mol. The Kier molecular flexibility index (Phi) is 9.49. The van der Waals surface area contributed by atoms with Crippen LogP contribution in [0.5, 0.6) is 0 Å². The average molecular weight is 502 g/mol. The lowest BCUT2D eigenvalue weighted by atomic mass is 9.54. The minimum atomic E-state index is -4.33. The van der Waals surface area contributed by atoms with Gasteiger partial charge in [-0.05, 0) is 92.3 Å². The van der Waals surface area contributed by atoms with E-state index < -0.39 is 10.3 Å². The van der Waals surface area contributed by atoms with Crippen LogP contribution in [0.15, 0.2) is 0 Å². The van der Waals surface area contributed by atoms with Gasteiger partial charge in [-0.2, -0.15) is 13.1 Å². The van der Waals surface area contributed by atoms with Gasteiger partial charge in [0.2, 0.25) is 0 Å². The van der Waals surface area contributed by atoms with Gasteiger partial charge in [-0.15, -0.1) is 0 Å². The van der Waals surface area contributed by atoms with Gasteiger partial charge in [-0.1, -0.05) is 40.0 Å². The molecule has 0 aliphatic heterocycles. The number of methoxy groups -OCH3 is 1. The number of esters is 1. The van der Waals surface area contributed by atoms with Gasteiger partial charge in [0.05, 0.1) is 13.2 Å². The Balaban J connectivity index is 1.84. The van der Waals surface area contributed by atoms with Crippen molar-refractivity contribution in [2.45, 2.75) is 110 Å². The second kappa shape index (κ2) is 11.6. The molecule has 4 unspecified atom stereocenters. The number of rotatable bonds is 10. The fourth-order valence-electron chi connectivity index (χ4n) is 8.29. The van der Waals surface area contributed by atoms with Gasteiger partial charge in [-0.25, -0.2) is 0 Å². The molecule has 0 aromatic heterocycles. The van der Waals surface area contributed by atoms with Crippen LogP contribution in [0.2, 0.25) is 0 Å². The molecule has 7 nitrogen and oxygen atoms in total. The predicted molar refractivity (Wildman–Crippen MR) is 132 cm³/mol. The molecule has 0 aromatic rings. The zero-order valence-corrected chi connectivity index (χ0v) is 22.4. The second-order valence-corrected chi connectivity index (χ2v) is 13.0. The molecular formula is C26H47NO6S. The van der Waals surface area contributed by atoms with E-state index in [0.717, 1.165) is 57.8 Å². The second-order valence-electron chi connectivity index (χ2n) is 11.8. The van der Waals surface area contributed by atoms with E-state index in [1.807, 2.05) is 0 Å². The van der Waals surface area contributed by atoms with Crippen molar-refractivity contribution in [3.05, 3.63) is 0 Å². The van der Waals surface area contributed by atoms with E-state index in [-0.39, 0.29) is 35.4 Å². The molecule has 0 amide bonds. The monoisotopic (exact) mass is 501 g/mol. The normalized spacial score (nSPS) is 38.2. The van der Waals surface area contributed by atoms with Crippen LogP contribution in [0.1, 0.15) is 97.8 Å². The summed E-state index contributed by atoms with van der Waals surface area (Å²) in [6.07, 6.45) is 10.4. The van der Waals surface area contributed by atoms with E-state index in [0.29, 0.717) is 42.9 Å². The lowest BCUT2D eigenvalue weighted by Crippen LogP contribution is -2.52. The molecule has 0 radical (unpaired) electrons. The molecule has 3 N–H and O–H groups in total. The molecule has 3 aliphatic carbocycles. The molecule has 0 bridgehead atoms. The summed E-state index contributed by atoms with van der Waals surface area (Å²) in [5.41, 5.74) is 0.0943. The number of hydrogen-bond donors (Lipinski definition) is 3. The summed E-state index contributed by atoms with van der Waals surface area (Å²) in [6.45, 7) is 6.83. The summed E-state index contributed by atoms with van der Waals surface area (Å²) in [5, 5.41) is 10.2. The van der Waals surface area contributed by atoms with Crippen LogP contribution in [-0.4, -0.2) is 43.3 Å². The molecule has 3 saturated carbocycles. The molecule has 3 rings (SSSR count). The third kappa shape index (κ3) is 6.54. The minimum Gasteiger partial charge on any atom is -0.469 e. The molecule has 8 heteroatoms. The van der Waals surface area contributed by atoms with Crippen molar-refractivity contribution in [2.75, 3.05) is 7.11 Å². The molecule has 0 saturated heterocycles. The Morgan fingerprint density at radius 3 is 2.56 bits per heavy atom. The number of fused-ring (bicyclic) bond motifs is 1. The Hall–Kier alpha value is -0.700. The first-order chi connectivity index (χ1) is 16.0. The lowest BCUT2D eigenvalue weighted by molar-refractivity contribution is -0.141. The molecule has 198 valence electrons. The first-order valence-corrected chi connectivity index (χ1v) is 14.9. The maximum Gasteiger partial charge on any atom is 0.333 e. The van der Waals surface area contributed by atoms with Gasteiger partial charge < -0.3 is 9.84 Å². The topological polar surface area (TPSA) is 113 Å². The molecule has 3 aliphatic rings. The van der Waals surface area contributed by atoms with E-state index in [1.54, 1.807) is 0 Å². The molecule has 3 fully saturated rings. The summed E-state index contributed by atoms with van der Waals surface area (Å²) in [7, 11) is -2.90. The maximum absolute atomic E-state index is 12.1. The van der Waals surface area contributed by atoms with Gasteiger partial charge in [0, 0.05) is 12.5 Å². The van der Waals surface area contributed by atoms with E-state index >= 15 is 0 Å². The summed E-state index contributed by atoms with van der Waals surface area (Å²) < 4.78 is 41.4. The third-order valence-electron chi connectivity index (χ3n) is 9.90. The highest BCUT2D eigenvalue weighted by Crippen LogP contribution is 2.62. The van der Waals surface area contributed by atoms with Crippen LogP contribution < -0.4 is 4.72 Å². The summed E-state index contributed by atoms with van der Waals surface area (Å²) in [5.74, 6) is 1.96. The third-order valence-corrected chi connectivity index (χ3v) is 10.5. The molecule has 0 spiro atoms. The van der Waals surface area contributed by atoms with Crippen LogP contribution in [-0.2, 0) is 19.8 Å². The van der Waals surface area contributed by atoms with E-state index in [4.69, 9.17) is 4.74 Å². The Morgan fingerprint density at radius 1 is 1.21 bits per heavy atom. The van der Waals surface area contributed by atoms with Gasteiger partial charge in [-0.3, -0.25) is 9.35 Å². The molecule has 34 heavy (non-hydrogen) atoms. The largest absolute Gasteiger partial charge is 0.469 e. The molecule has 9 atom stereocenters. The number of carbonyl (C=O) groups is 1. The van der Waals surface area contributed by atoms with Gasteiger partial charge >= 0.3 is 16.3 Å². The predicted octanol–water partition coefficient (Wildman–Crippen LogP) is 4.75. The van der Waals surface area contributed by atoms with Crippen molar-refractivity contribution in [1.29, 1.82) is 0 Å². The maximum atomic E-state index is 12.1. The van der Waals surface area contributed by atoms with Crippen molar-refractivity contribution < 1.29 is 27.6 Å². The van der Waals surface area contributed by atoms with Crippen molar-refractivity contribution in [1.82, 2.24) is 4.72 Å². The average Bonchev–Trinajstić information content (AvgIpc) is 3.12. The Labute approximate surface area is 206 Å². The highest BCUT2D eigenvalue weighted by atomic mass is 32.2. The Morgan fingerprint density at radius 2 is 1.94 bits per heavy atom. The SMILES string of the molecule is CC[C@H]1CCC2(C)[C@@H]([C@H](C)CCC(=O)OC)CC[C@H]2C1C(CC1CCC[C@@H](O)C1)NS(=O)(=O)O. The van der Waals surface area contributed by atoms with E-state index in [2.05, 4.69) is 25.5 Å². The zero-order valence-electron chi connectivity index (χ0n) is 21.5. The van der Waals surface area contributed by atoms with Crippen molar-refractivity contribution in [2.24, 2.45) is 40.9 Å². The van der Waals surface area contributed by atoms with Gasteiger partial charge in [0.1, 0.15) is 0 Å². The number of aliphatic hydroxyl groups is 1. The zero-order chi connectivity index (χ0) is 25.1. The fraction of sp³-hybridized carbons (Fsp3) is 0.962. The van der Waals surface area contributed by atoms with Gasteiger partial charge in [0.15, 0.2) is 0 Å². The van der Waals surface area contributed by atoms with Crippen molar-refractivity contribution >= 4 is 16.3 Å². The van der Waals surface area contributed by atoms with Gasteiger partial charge in [0.25, 0.3) is 0 Å². The first-order valence-electron chi connectivity index (χ1n) is 13.5. The lowest BCUT2D eigenvalue weighted by Gasteiger charge is -2.52. The van der Waals surface area contributed by atoms with Crippen molar-refractivity contribution in [3.63, 3.8) is 0 Å². The molecule has 0 heterocycles. The number of nitrogens with one attached hydrogen (secondary N) is 1. The quantitative estimate of drug-likeness (QED) is 0.294. The standard InChI is InChI=1S/C26H47NO6S/c1-5-19-13-14-26(3)21(17(2)9-12-24(29)33-4)10-11-22(26)25(19)23(27-34(30,31)32)16-18-7-6-8-20(28)15-18/h17-23,25,27-28H,5-16H2,1-4H3,(H,30,31,32)/t17-,18?,19+,20-,21-,22+,23?,25?,26?/m1/s1. The summed E-state index contributed by atoms with van der Waals surface area (Å²) >= 11 is 0. The smallest absolute Gasteiger partial charge is 0.333 e. The number of ether oxygens (including phenoxy) is 1. The number of aliphatic hydroxyl groups excluding tert-OH is 1. The first kappa shape index (κ1) is 27.9. The van der Waals surface area contributed by atoms with Crippen molar-refractivity contribution in [3.8, 4) is 0 Å².